The monoisotopic (exact) mass is 485 g/mol. The summed E-state index contributed by atoms with van der Waals surface area (Å²) in [6.45, 7) is 0. The lowest BCUT2D eigenvalue weighted by molar-refractivity contribution is -0.141. The molecule has 1 unspecified atom stereocenters. The van der Waals surface area contributed by atoms with Crippen molar-refractivity contribution in [2.24, 2.45) is 0 Å². The predicted octanol–water partition coefficient (Wildman–Crippen LogP) is 5.06. The van der Waals surface area contributed by atoms with Gasteiger partial charge in [-0.15, -0.1) is 0 Å². The molecule has 0 saturated carbocycles. The van der Waals surface area contributed by atoms with Crippen molar-refractivity contribution < 1.29 is 31.1 Å². The number of pyridine rings is 2. The molecule has 0 spiro atoms. The largest absolute Gasteiger partial charge is 0.433 e. The summed E-state index contributed by atoms with van der Waals surface area (Å²) in [7, 11) is 0. The van der Waals surface area contributed by atoms with Crippen molar-refractivity contribution in [1.82, 2.24) is 15.4 Å². The minimum atomic E-state index is -4.73. The number of rotatable bonds is 4. The van der Waals surface area contributed by atoms with Crippen LogP contribution in [0.3, 0.4) is 0 Å². The molecule has 3 rings (SSSR count). The third-order valence-electron chi connectivity index (χ3n) is 4.07. The van der Waals surface area contributed by atoms with Gasteiger partial charge in [0, 0.05) is 6.20 Å². The fourth-order valence-electron chi connectivity index (χ4n) is 2.63. The van der Waals surface area contributed by atoms with Crippen LogP contribution in [0.25, 0.3) is 0 Å². The van der Waals surface area contributed by atoms with E-state index in [1.54, 1.807) is 0 Å². The zero-order valence-electron chi connectivity index (χ0n) is 15.0. The Hall–Kier alpha value is -2.73. The molecule has 0 fully saturated rings. The second kappa shape index (κ2) is 8.42. The van der Waals surface area contributed by atoms with E-state index in [-0.39, 0.29) is 22.3 Å². The van der Waals surface area contributed by atoms with Gasteiger partial charge in [0.05, 0.1) is 10.0 Å². The van der Waals surface area contributed by atoms with Crippen LogP contribution in [0.2, 0.25) is 10.0 Å². The van der Waals surface area contributed by atoms with Gasteiger partial charge in [-0.25, -0.2) is 9.97 Å². The molecular formula is C17H11Cl2F6N5O. The molecule has 14 heteroatoms. The fraction of sp³-hybridized carbons (Fsp3) is 0.235. The van der Waals surface area contributed by atoms with Gasteiger partial charge >= 0.3 is 12.4 Å². The van der Waals surface area contributed by atoms with Crippen LogP contribution in [0.4, 0.5) is 38.0 Å². The Morgan fingerprint density at radius 1 is 0.968 bits per heavy atom. The molecule has 3 heterocycles. The summed E-state index contributed by atoms with van der Waals surface area (Å²) in [5.74, 6) is -1.56. The number of hydrogen-bond acceptors (Lipinski definition) is 5. The van der Waals surface area contributed by atoms with Gasteiger partial charge in [-0.3, -0.25) is 15.6 Å². The number of carbonyl (C=O) groups is 1. The molecule has 2 aromatic heterocycles. The van der Waals surface area contributed by atoms with E-state index in [4.69, 9.17) is 23.2 Å². The van der Waals surface area contributed by atoms with E-state index in [1.807, 2.05) is 0 Å². The van der Waals surface area contributed by atoms with Crippen LogP contribution in [0.15, 0.2) is 36.5 Å². The molecule has 2 aromatic rings. The first-order valence-electron chi connectivity index (χ1n) is 8.36. The SMILES string of the molecule is O=C(NNc1nc(C(F)(F)F)ccc1Cl)C1CC=CN1c1nc(C(F)(F)F)ccc1Cl. The normalized spacial score (nSPS) is 16.5. The van der Waals surface area contributed by atoms with Gasteiger partial charge in [-0.05, 0) is 30.7 Å². The third-order valence-corrected chi connectivity index (χ3v) is 4.67. The number of hydrogen-bond donors (Lipinski definition) is 2. The van der Waals surface area contributed by atoms with Crippen molar-refractivity contribution in [3.63, 3.8) is 0 Å². The lowest BCUT2D eigenvalue weighted by Crippen LogP contribution is -2.45. The summed E-state index contributed by atoms with van der Waals surface area (Å²) in [5, 5.41) is -0.329. The number of amides is 1. The third kappa shape index (κ3) is 5.13. The Morgan fingerprint density at radius 2 is 1.55 bits per heavy atom. The minimum Gasteiger partial charge on any atom is -0.319 e. The van der Waals surface area contributed by atoms with Crippen molar-refractivity contribution >= 4 is 40.7 Å². The zero-order valence-corrected chi connectivity index (χ0v) is 16.5. The van der Waals surface area contributed by atoms with E-state index in [9.17, 15) is 31.1 Å². The van der Waals surface area contributed by atoms with Gasteiger partial charge in [0.25, 0.3) is 5.91 Å². The number of aromatic nitrogens is 2. The molecule has 1 amide bonds. The number of nitrogens with one attached hydrogen (secondary N) is 2. The molecule has 31 heavy (non-hydrogen) atoms. The number of hydrazine groups is 1. The number of anilines is 2. The van der Waals surface area contributed by atoms with Crippen LogP contribution in [-0.2, 0) is 17.1 Å². The standard InChI is InChI=1S/C17H11Cl2F6N5O/c18-8-3-5-11(16(20,21)22)26-13(8)28-29-15(31)10-2-1-7-30(10)14-9(19)4-6-12(27-14)17(23,24)25/h1,3-7,10H,2H2,(H,26,28)(H,29,31). The van der Waals surface area contributed by atoms with Crippen LogP contribution in [0.1, 0.15) is 17.8 Å². The topological polar surface area (TPSA) is 70.2 Å². The molecule has 2 N–H and O–H groups in total. The van der Waals surface area contributed by atoms with E-state index < -0.39 is 41.5 Å². The Labute approximate surface area is 180 Å². The Balaban J connectivity index is 1.78. The molecule has 1 atom stereocenters. The highest BCUT2D eigenvalue weighted by Crippen LogP contribution is 2.35. The number of nitrogens with zero attached hydrogens (tertiary/aromatic N) is 3. The predicted molar refractivity (Wildman–Crippen MR) is 100 cm³/mol. The van der Waals surface area contributed by atoms with E-state index in [0.717, 1.165) is 17.0 Å². The maximum atomic E-state index is 13.0. The lowest BCUT2D eigenvalue weighted by Gasteiger charge is -2.25. The van der Waals surface area contributed by atoms with E-state index in [1.165, 1.54) is 12.3 Å². The van der Waals surface area contributed by atoms with Crippen molar-refractivity contribution in [1.29, 1.82) is 0 Å². The number of carbonyl (C=O) groups excluding carboxylic acids is 1. The van der Waals surface area contributed by atoms with Crippen molar-refractivity contribution in [3.05, 3.63) is 58.0 Å². The van der Waals surface area contributed by atoms with Crippen LogP contribution < -0.4 is 15.8 Å². The summed E-state index contributed by atoms with van der Waals surface area (Å²) < 4.78 is 77.3. The number of halogens is 8. The Kier molecular flexibility index (Phi) is 6.23. The molecule has 1 aliphatic heterocycles. The highest BCUT2D eigenvalue weighted by Gasteiger charge is 2.36. The first-order chi connectivity index (χ1) is 14.4. The van der Waals surface area contributed by atoms with Crippen molar-refractivity contribution in [3.8, 4) is 0 Å². The molecule has 0 aromatic carbocycles. The molecule has 0 radical (unpaired) electrons. The molecule has 0 bridgehead atoms. The first kappa shape index (κ1) is 22.9. The van der Waals surface area contributed by atoms with Gasteiger partial charge in [-0.1, -0.05) is 29.3 Å². The average Bonchev–Trinajstić information content (AvgIpc) is 3.15. The molecular weight excluding hydrogens is 475 g/mol. The van der Waals surface area contributed by atoms with E-state index >= 15 is 0 Å². The van der Waals surface area contributed by atoms with Gasteiger partial charge in [0.2, 0.25) is 0 Å². The minimum absolute atomic E-state index is 0.0749. The average molecular weight is 486 g/mol. The van der Waals surface area contributed by atoms with Crippen LogP contribution in [0, 0.1) is 0 Å². The molecule has 0 saturated heterocycles. The highest BCUT2D eigenvalue weighted by molar-refractivity contribution is 6.33. The fourth-order valence-corrected chi connectivity index (χ4v) is 2.99. The Morgan fingerprint density at radius 3 is 2.16 bits per heavy atom. The van der Waals surface area contributed by atoms with Crippen molar-refractivity contribution in [2.75, 3.05) is 10.3 Å². The summed E-state index contributed by atoms with van der Waals surface area (Å²) in [4.78, 5) is 20.5. The van der Waals surface area contributed by atoms with E-state index in [2.05, 4.69) is 20.8 Å². The maximum Gasteiger partial charge on any atom is 0.433 e. The smallest absolute Gasteiger partial charge is 0.319 e. The van der Waals surface area contributed by atoms with Gasteiger partial charge in [0.15, 0.2) is 11.6 Å². The number of alkyl halides is 6. The second-order valence-corrected chi connectivity index (χ2v) is 7.00. The zero-order chi connectivity index (χ0) is 23.0. The molecule has 166 valence electrons. The van der Waals surface area contributed by atoms with Crippen LogP contribution in [0.5, 0.6) is 0 Å². The molecule has 6 nitrogen and oxygen atoms in total. The molecule has 0 aliphatic carbocycles. The highest BCUT2D eigenvalue weighted by atomic mass is 35.5. The van der Waals surface area contributed by atoms with Crippen LogP contribution in [-0.4, -0.2) is 21.9 Å². The summed E-state index contributed by atoms with van der Waals surface area (Å²) >= 11 is 11.8. The maximum absolute atomic E-state index is 13.0. The van der Waals surface area contributed by atoms with Crippen LogP contribution >= 0.6 is 23.2 Å². The van der Waals surface area contributed by atoms with Crippen molar-refractivity contribution in [2.45, 2.75) is 24.8 Å². The van der Waals surface area contributed by atoms with Gasteiger partial charge in [-0.2, -0.15) is 26.3 Å². The summed E-state index contributed by atoms with van der Waals surface area (Å²) in [5.41, 5.74) is 1.90. The summed E-state index contributed by atoms with van der Waals surface area (Å²) in [6.07, 6.45) is -6.56. The Bertz CT molecular complexity index is 1030. The second-order valence-electron chi connectivity index (χ2n) is 6.18. The quantitative estimate of drug-likeness (QED) is 0.468. The van der Waals surface area contributed by atoms with Gasteiger partial charge < -0.3 is 4.90 Å². The summed E-state index contributed by atoms with van der Waals surface area (Å²) in [6, 6.07) is 2.23. The molecule has 1 aliphatic rings. The lowest BCUT2D eigenvalue weighted by atomic mass is 10.2. The van der Waals surface area contributed by atoms with Gasteiger partial charge in [0.1, 0.15) is 17.4 Å². The first-order valence-corrected chi connectivity index (χ1v) is 9.12. The van der Waals surface area contributed by atoms with E-state index in [0.29, 0.717) is 12.1 Å².